The molecule has 0 bridgehead atoms. The van der Waals surface area contributed by atoms with Crippen molar-refractivity contribution < 1.29 is 9.59 Å². The Morgan fingerprint density at radius 2 is 2.16 bits per heavy atom. The summed E-state index contributed by atoms with van der Waals surface area (Å²) in [4.78, 5) is 27.1. The van der Waals surface area contributed by atoms with E-state index >= 15 is 0 Å². The van der Waals surface area contributed by atoms with E-state index < -0.39 is 0 Å². The number of hydrogen-bond acceptors (Lipinski definition) is 4. The van der Waals surface area contributed by atoms with Gasteiger partial charge in [0.1, 0.15) is 6.54 Å². The van der Waals surface area contributed by atoms with Crippen molar-refractivity contribution in [2.24, 2.45) is 5.84 Å². The Bertz CT molecular complexity index is 520. The van der Waals surface area contributed by atoms with E-state index in [2.05, 4.69) is 5.43 Å². The Kier molecular flexibility index (Phi) is 3.92. The second-order valence-corrected chi connectivity index (χ2v) is 4.81. The number of anilines is 1. The molecule has 7 heteroatoms. The Morgan fingerprint density at radius 1 is 1.42 bits per heavy atom. The van der Waals surface area contributed by atoms with Crippen molar-refractivity contribution >= 4 is 29.1 Å². The molecule has 0 aromatic heterocycles. The van der Waals surface area contributed by atoms with Crippen LogP contribution < -0.4 is 11.3 Å². The fourth-order valence-corrected chi connectivity index (χ4v) is 2.09. The van der Waals surface area contributed by atoms with Crippen LogP contribution in [0.1, 0.15) is 10.4 Å². The quantitative estimate of drug-likeness (QED) is 0.613. The molecule has 1 aliphatic rings. The number of nitrogens with one attached hydrogen (secondary N) is 1. The summed E-state index contributed by atoms with van der Waals surface area (Å²) in [6, 6.07) is 4.82. The first-order chi connectivity index (χ1) is 9.02. The number of rotatable bonds is 2. The lowest BCUT2D eigenvalue weighted by atomic mass is 10.1. The van der Waals surface area contributed by atoms with E-state index in [-0.39, 0.29) is 18.4 Å². The first kappa shape index (κ1) is 13.6. The zero-order valence-electron chi connectivity index (χ0n) is 10.5. The number of hydrogen-bond donors (Lipinski definition) is 2. The van der Waals surface area contributed by atoms with Gasteiger partial charge < -0.3 is 15.2 Å². The van der Waals surface area contributed by atoms with Crippen LogP contribution in [-0.4, -0.2) is 48.3 Å². The largest absolute Gasteiger partial charge is 0.342 e. The van der Waals surface area contributed by atoms with Crippen LogP contribution in [-0.2, 0) is 4.79 Å². The average Bonchev–Trinajstić information content (AvgIpc) is 2.41. The van der Waals surface area contributed by atoms with Gasteiger partial charge in [0.05, 0.1) is 11.3 Å². The highest BCUT2D eigenvalue weighted by atomic mass is 35.5. The standard InChI is InChI=1S/C12H15ClN4O2/c1-16-4-5-17(7-11(16)18)12(19)9-6-8(13)2-3-10(9)15-14/h2-3,6,15H,4-5,7,14H2,1H3. The van der Waals surface area contributed by atoms with E-state index in [1.165, 1.54) is 4.90 Å². The molecule has 1 heterocycles. The third-order valence-corrected chi connectivity index (χ3v) is 3.35. The smallest absolute Gasteiger partial charge is 0.256 e. The first-order valence-electron chi connectivity index (χ1n) is 5.82. The van der Waals surface area contributed by atoms with Crippen LogP contribution in [0.25, 0.3) is 0 Å². The molecule has 1 saturated heterocycles. The van der Waals surface area contributed by atoms with Gasteiger partial charge in [-0.05, 0) is 18.2 Å². The number of nitrogen functional groups attached to an aromatic ring is 1. The third kappa shape index (κ3) is 2.80. The van der Waals surface area contributed by atoms with Gasteiger partial charge in [0.2, 0.25) is 5.91 Å². The van der Waals surface area contributed by atoms with Crippen molar-refractivity contribution in [3.05, 3.63) is 28.8 Å². The van der Waals surface area contributed by atoms with Crippen molar-refractivity contribution in [3.63, 3.8) is 0 Å². The molecule has 1 aromatic carbocycles. The van der Waals surface area contributed by atoms with E-state index in [4.69, 9.17) is 17.4 Å². The molecule has 1 aliphatic heterocycles. The molecular weight excluding hydrogens is 268 g/mol. The highest BCUT2D eigenvalue weighted by Gasteiger charge is 2.26. The van der Waals surface area contributed by atoms with Crippen LogP contribution in [0.15, 0.2) is 18.2 Å². The van der Waals surface area contributed by atoms with Gasteiger partial charge in [-0.2, -0.15) is 0 Å². The lowest BCUT2D eigenvalue weighted by molar-refractivity contribution is -0.133. The number of amides is 2. The topological polar surface area (TPSA) is 78.7 Å². The SMILES string of the molecule is CN1CCN(C(=O)c2cc(Cl)ccc2NN)CC1=O. The molecule has 0 atom stereocenters. The molecule has 1 fully saturated rings. The van der Waals surface area contributed by atoms with Crippen molar-refractivity contribution in [3.8, 4) is 0 Å². The summed E-state index contributed by atoms with van der Waals surface area (Å²) < 4.78 is 0. The fraction of sp³-hybridized carbons (Fsp3) is 0.333. The van der Waals surface area contributed by atoms with Gasteiger partial charge >= 0.3 is 0 Å². The number of carbonyl (C=O) groups is 2. The number of nitrogens with two attached hydrogens (primary N) is 1. The minimum absolute atomic E-state index is 0.0753. The molecule has 2 rings (SSSR count). The van der Waals surface area contributed by atoms with Crippen LogP contribution in [0.3, 0.4) is 0 Å². The summed E-state index contributed by atoms with van der Waals surface area (Å²) in [5.74, 6) is 5.05. The van der Waals surface area contributed by atoms with Crippen molar-refractivity contribution in [1.29, 1.82) is 0 Å². The van der Waals surface area contributed by atoms with Gasteiger partial charge in [0.15, 0.2) is 0 Å². The second kappa shape index (κ2) is 5.46. The highest BCUT2D eigenvalue weighted by molar-refractivity contribution is 6.31. The molecule has 6 nitrogen and oxygen atoms in total. The normalized spacial score (nSPS) is 15.6. The number of piperazine rings is 1. The molecule has 0 unspecified atom stereocenters. The zero-order chi connectivity index (χ0) is 14.0. The number of benzene rings is 1. The molecule has 1 aromatic rings. The van der Waals surface area contributed by atoms with E-state index in [1.807, 2.05) is 0 Å². The van der Waals surface area contributed by atoms with Crippen LogP contribution in [0.2, 0.25) is 5.02 Å². The van der Waals surface area contributed by atoms with Gasteiger partial charge in [-0.1, -0.05) is 11.6 Å². The summed E-state index contributed by atoms with van der Waals surface area (Å²) in [6.45, 7) is 1.10. The maximum atomic E-state index is 12.4. The van der Waals surface area contributed by atoms with Crippen LogP contribution in [0.4, 0.5) is 5.69 Å². The van der Waals surface area contributed by atoms with Crippen molar-refractivity contribution in [2.45, 2.75) is 0 Å². The Morgan fingerprint density at radius 3 is 2.79 bits per heavy atom. The molecule has 0 aliphatic carbocycles. The summed E-state index contributed by atoms with van der Waals surface area (Å²) in [6.07, 6.45) is 0. The maximum Gasteiger partial charge on any atom is 0.256 e. The summed E-state index contributed by atoms with van der Waals surface area (Å²) in [7, 11) is 1.72. The lowest BCUT2D eigenvalue weighted by Gasteiger charge is -2.32. The van der Waals surface area contributed by atoms with Gasteiger partial charge in [0.25, 0.3) is 5.91 Å². The minimum atomic E-state index is -0.253. The van der Waals surface area contributed by atoms with Crippen molar-refractivity contribution in [1.82, 2.24) is 9.80 Å². The maximum absolute atomic E-state index is 12.4. The Balaban J connectivity index is 2.24. The van der Waals surface area contributed by atoms with Gasteiger partial charge in [-0.25, -0.2) is 0 Å². The van der Waals surface area contributed by atoms with Crippen LogP contribution in [0.5, 0.6) is 0 Å². The molecule has 19 heavy (non-hydrogen) atoms. The van der Waals surface area contributed by atoms with E-state index in [9.17, 15) is 9.59 Å². The average molecular weight is 283 g/mol. The second-order valence-electron chi connectivity index (χ2n) is 4.38. The zero-order valence-corrected chi connectivity index (χ0v) is 11.3. The summed E-state index contributed by atoms with van der Waals surface area (Å²) in [5, 5.41) is 0.447. The molecule has 0 saturated carbocycles. The Hall–Kier alpha value is -1.79. The predicted octanol–water partition coefficient (Wildman–Crippen LogP) is 0.540. The van der Waals surface area contributed by atoms with E-state index in [0.717, 1.165) is 0 Å². The van der Waals surface area contributed by atoms with E-state index in [0.29, 0.717) is 29.4 Å². The fourth-order valence-electron chi connectivity index (χ4n) is 1.92. The summed E-state index contributed by atoms with van der Waals surface area (Å²) >= 11 is 5.89. The molecule has 2 amide bonds. The molecule has 0 spiro atoms. The van der Waals surface area contributed by atoms with Crippen LogP contribution in [0, 0.1) is 0 Å². The number of hydrazine groups is 1. The Labute approximate surface area is 116 Å². The lowest BCUT2D eigenvalue weighted by Crippen LogP contribution is -2.50. The monoisotopic (exact) mass is 282 g/mol. The molecular formula is C12H15ClN4O2. The number of halogens is 1. The predicted molar refractivity (Wildman–Crippen MR) is 72.8 cm³/mol. The molecule has 3 N–H and O–H groups in total. The number of nitrogens with zero attached hydrogens (tertiary/aromatic N) is 2. The van der Waals surface area contributed by atoms with Gasteiger partial charge in [0, 0.05) is 25.2 Å². The van der Waals surface area contributed by atoms with Crippen LogP contribution >= 0.6 is 11.6 Å². The summed E-state index contributed by atoms with van der Waals surface area (Å²) in [5.41, 5.74) is 3.32. The first-order valence-corrected chi connectivity index (χ1v) is 6.20. The number of carbonyl (C=O) groups excluding carboxylic acids is 2. The van der Waals surface area contributed by atoms with Gasteiger partial charge in [-0.3, -0.25) is 15.4 Å². The number of likely N-dealkylation sites (N-methyl/N-ethyl adjacent to an activating group) is 1. The third-order valence-electron chi connectivity index (χ3n) is 3.11. The van der Waals surface area contributed by atoms with Crippen molar-refractivity contribution in [2.75, 3.05) is 32.1 Å². The molecule has 102 valence electrons. The van der Waals surface area contributed by atoms with E-state index in [1.54, 1.807) is 30.1 Å². The minimum Gasteiger partial charge on any atom is -0.342 e. The van der Waals surface area contributed by atoms with Gasteiger partial charge in [-0.15, -0.1) is 0 Å². The highest BCUT2D eigenvalue weighted by Crippen LogP contribution is 2.22. The molecule has 0 radical (unpaired) electrons.